The Morgan fingerprint density at radius 2 is 2.00 bits per heavy atom. The van der Waals surface area contributed by atoms with Gasteiger partial charge in [-0.05, 0) is 32.0 Å². The summed E-state index contributed by atoms with van der Waals surface area (Å²) in [6.45, 7) is 4.38. The maximum Gasteiger partial charge on any atom is 0.164 e. The van der Waals surface area contributed by atoms with Crippen molar-refractivity contribution in [1.82, 2.24) is 4.98 Å². The molecule has 2 aromatic rings. The van der Waals surface area contributed by atoms with Crippen LogP contribution in [0.4, 0.5) is 0 Å². The van der Waals surface area contributed by atoms with Crippen LogP contribution in [0, 0.1) is 6.92 Å². The minimum atomic E-state index is 0.498. The van der Waals surface area contributed by atoms with Crippen molar-refractivity contribution in [2.45, 2.75) is 13.8 Å². The predicted molar refractivity (Wildman–Crippen MR) is 67.7 cm³/mol. The number of aromatic nitrogens is 1. The van der Waals surface area contributed by atoms with E-state index in [0.717, 1.165) is 16.6 Å². The molecule has 0 amide bonds. The van der Waals surface area contributed by atoms with Crippen LogP contribution in [0.25, 0.3) is 10.9 Å². The molecule has 1 heterocycles. The fourth-order valence-electron chi connectivity index (χ4n) is 1.57. The van der Waals surface area contributed by atoms with Gasteiger partial charge in [0.15, 0.2) is 5.75 Å². The zero-order valence-corrected chi connectivity index (χ0v) is 10.6. The number of nitrogens with zero attached hydrogens (tertiary/aromatic N) is 1. The molecule has 0 saturated carbocycles. The van der Waals surface area contributed by atoms with Gasteiger partial charge in [0.2, 0.25) is 0 Å². The number of aryl methyl sites for hydroxylation is 1. The summed E-state index contributed by atoms with van der Waals surface area (Å²) in [5.74, 6) is 0.604. The van der Waals surface area contributed by atoms with E-state index >= 15 is 0 Å². The van der Waals surface area contributed by atoms with Crippen molar-refractivity contribution in [3.63, 3.8) is 0 Å². The second kappa shape index (κ2) is 4.48. The van der Waals surface area contributed by atoms with Gasteiger partial charge in [-0.2, -0.15) is 0 Å². The van der Waals surface area contributed by atoms with Crippen molar-refractivity contribution in [2.75, 3.05) is 6.61 Å². The van der Waals surface area contributed by atoms with Gasteiger partial charge in [-0.15, -0.1) is 0 Å². The van der Waals surface area contributed by atoms with Crippen LogP contribution in [0.1, 0.15) is 12.6 Å². The Labute approximate surface area is 104 Å². The Morgan fingerprint density at radius 3 is 2.69 bits per heavy atom. The molecule has 0 unspecified atom stereocenters. The molecule has 2 rings (SSSR count). The SMILES string of the molecule is CCOc1c(Cl)cc(Cl)c2ccc(C)nc12. The molecule has 4 heteroatoms. The van der Waals surface area contributed by atoms with Crippen molar-refractivity contribution in [3.8, 4) is 5.75 Å². The molecule has 2 nitrogen and oxygen atoms in total. The van der Waals surface area contributed by atoms with Gasteiger partial charge in [-0.3, -0.25) is 0 Å². The lowest BCUT2D eigenvalue weighted by Gasteiger charge is -2.10. The molecule has 0 atom stereocenters. The van der Waals surface area contributed by atoms with Crippen molar-refractivity contribution in [2.24, 2.45) is 0 Å². The molecule has 0 fully saturated rings. The molecule has 0 aliphatic carbocycles. The summed E-state index contributed by atoms with van der Waals surface area (Å²) in [5.41, 5.74) is 1.63. The minimum absolute atomic E-state index is 0.498. The standard InChI is InChI=1S/C12H11Cl2NO/c1-3-16-12-10(14)6-9(13)8-5-4-7(2)15-11(8)12/h4-6H,3H2,1-2H3. The first-order valence-corrected chi connectivity index (χ1v) is 5.77. The highest BCUT2D eigenvalue weighted by Crippen LogP contribution is 2.37. The van der Waals surface area contributed by atoms with Gasteiger partial charge in [0.1, 0.15) is 5.52 Å². The van der Waals surface area contributed by atoms with Crippen LogP contribution >= 0.6 is 23.2 Å². The third-order valence-corrected chi connectivity index (χ3v) is 2.86. The molecule has 1 aromatic heterocycles. The lowest BCUT2D eigenvalue weighted by molar-refractivity contribution is 0.344. The second-order valence-electron chi connectivity index (χ2n) is 3.45. The van der Waals surface area contributed by atoms with E-state index in [1.54, 1.807) is 6.07 Å². The molecule has 0 bridgehead atoms. The first kappa shape index (κ1) is 11.5. The van der Waals surface area contributed by atoms with Gasteiger partial charge in [0.05, 0.1) is 16.7 Å². The monoisotopic (exact) mass is 255 g/mol. The number of pyridine rings is 1. The summed E-state index contributed by atoms with van der Waals surface area (Å²) < 4.78 is 5.51. The van der Waals surface area contributed by atoms with E-state index in [-0.39, 0.29) is 0 Å². The Kier molecular flexibility index (Phi) is 3.22. The van der Waals surface area contributed by atoms with E-state index in [9.17, 15) is 0 Å². The van der Waals surface area contributed by atoms with Crippen LogP contribution in [-0.4, -0.2) is 11.6 Å². The summed E-state index contributed by atoms with van der Waals surface area (Å²) in [6.07, 6.45) is 0. The third-order valence-electron chi connectivity index (χ3n) is 2.27. The average molecular weight is 256 g/mol. The highest BCUT2D eigenvalue weighted by molar-refractivity contribution is 6.39. The molecule has 0 radical (unpaired) electrons. The molecule has 16 heavy (non-hydrogen) atoms. The van der Waals surface area contributed by atoms with E-state index in [4.69, 9.17) is 27.9 Å². The molecule has 0 saturated heterocycles. The molecule has 0 aliphatic heterocycles. The van der Waals surface area contributed by atoms with Crippen LogP contribution in [0.15, 0.2) is 18.2 Å². The zero-order valence-electron chi connectivity index (χ0n) is 9.05. The number of halogens is 2. The van der Waals surface area contributed by atoms with Crippen LogP contribution in [0.2, 0.25) is 10.0 Å². The number of hydrogen-bond acceptors (Lipinski definition) is 2. The third kappa shape index (κ3) is 1.95. The van der Waals surface area contributed by atoms with Crippen molar-refractivity contribution >= 4 is 34.1 Å². The lowest BCUT2D eigenvalue weighted by atomic mass is 10.2. The largest absolute Gasteiger partial charge is 0.490 e. The van der Waals surface area contributed by atoms with E-state index in [1.165, 1.54) is 0 Å². The molecule has 84 valence electrons. The smallest absolute Gasteiger partial charge is 0.164 e. The number of ether oxygens (including phenoxy) is 1. The van der Waals surface area contributed by atoms with Gasteiger partial charge in [-0.1, -0.05) is 23.2 Å². The highest BCUT2D eigenvalue weighted by Gasteiger charge is 2.12. The molecule has 1 aromatic carbocycles. The van der Waals surface area contributed by atoms with Crippen molar-refractivity contribution < 1.29 is 4.74 Å². The first-order valence-electron chi connectivity index (χ1n) is 5.01. The lowest BCUT2D eigenvalue weighted by Crippen LogP contribution is -1.96. The summed E-state index contributed by atoms with van der Waals surface area (Å²) in [7, 11) is 0. The maximum absolute atomic E-state index is 6.11. The number of fused-ring (bicyclic) bond motifs is 1. The van der Waals surface area contributed by atoms with Crippen LogP contribution in [0.5, 0.6) is 5.75 Å². The summed E-state index contributed by atoms with van der Waals surface area (Å²) >= 11 is 12.2. The Hall–Kier alpha value is -0.990. The van der Waals surface area contributed by atoms with E-state index < -0.39 is 0 Å². The maximum atomic E-state index is 6.11. The van der Waals surface area contributed by atoms with Crippen LogP contribution < -0.4 is 4.74 Å². The summed E-state index contributed by atoms with van der Waals surface area (Å²) in [5, 5.41) is 1.95. The number of rotatable bonds is 2. The van der Waals surface area contributed by atoms with Gasteiger partial charge in [-0.25, -0.2) is 4.98 Å². The van der Waals surface area contributed by atoms with Crippen LogP contribution in [0.3, 0.4) is 0 Å². The zero-order chi connectivity index (χ0) is 11.7. The fourth-order valence-corrected chi connectivity index (χ4v) is 2.14. The molecule has 0 N–H and O–H groups in total. The molecular formula is C12H11Cl2NO. The Morgan fingerprint density at radius 1 is 1.25 bits per heavy atom. The number of hydrogen-bond donors (Lipinski definition) is 0. The van der Waals surface area contributed by atoms with E-state index in [2.05, 4.69) is 4.98 Å². The minimum Gasteiger partial charge on any atom is -0.490 e. The van der Waals surface area contributed by atoms with Crippen LogP contribution in [-0.2, 0) is 0 Å². The topological polar surface area (TPSA) is 22.1 Å². The summed E-state index contributed by atoms with van der Waals surface area (Å²) in [4.78, 5) is 4.42. The molecular weight excluding hydrogens is 245 g/mol. The Bertz CT molecular complexity index is 540. The molecule has 0 spiro atoms. The van der Waals surface area contributed by atoms with Gasteiger partial charge >= 0.3 is 0 Å². The average Bonchev–Trinajstić information content (AvgIpc) is 2.23. The second-order valence-corrected chi connectivity index (χ2v) is 4.27. The predicted octanol–water partition coefficient (Wildman–Crippen LogP) is 4.25. The quantitative estimate of drug-likeness (QED) is 0.801. The molecule has 0 aliphatic rings. The summed E-state index contributed by atoms with van der Waals surface area (Å²) in [6, 6.07) is 5.53. The van der Waals surface area contributed by atoms with E-state index in [1.807, 2.05) is 26.0 Å². The fraction of sp³-hybridized carbons (Fsp3) is 0.250. The first-order chi connectivity index (χ1) is 7.63. The number of benzene rings is 1. The van der Waals surface area contributed by atoms with Gasteiger partial charge < -0.3 is 4.74 Å². The van der Waals surface area contributed by atoms with Gasteiger partial charge in [0.25, 0.3) is 0 Å². The highest BCUT2D eigenvalue weighted by atomic mass is 35.5. The normalized spacial score (nSPS) is 10.8. The van der Waals surface area contributed by atoms with Crippen molar-refractivity contribution in [3.05, 3.63) is 33.9 Å². The Balaban J connectivity index is 2.80. The van der Waals surface area contributed by atoms with E-state index in [0.29, 0.717) is 22.4 Å². The van der Waals surface area contributed by atoms with Gasteiger partial charge in [0, 0.05) is 11.1 Å². The van der Waals surface area contributed by atoms with Crippen molar-refractivity contribution in [1.29, 1.82) is 0 Å².